The van der Waals surface area contributed by atoms with Crippen LogP contribution in [0.1, 0.15) is 26.7 Å². The number of ether oxygens (including phenoxy) is 1. The maximum Gasteiger partial charge on any atom is 0.306 e. The third-order valence-corrected chi connectivity index (χ3v) is 4.54. The Labute approximate surface area is 122 Å². The summed E-state index contributed by atoms with van der Waals surface area (Å²) in [5, 5.41) is 0. The molecule has 0 unspecified atom stereocenters. The van der Waals surface area contributed by atoms with Crippen LogP contribution in [0.25, 0.3) is 0 Å². The Hall–Kier alpha value is -0.700. The number of hydrogen-bond acceptors (Lipinski definition) is 5. The Morgan fingerprint density at radius 1 is 1.20 bits per heavy atom. The van der Waals surface area contributed by atoms with Crippen molar-refractivity contribution in [3.05, 3.63) is 0 Å². The molecule has 0 bridgehead atoms. The molecule has 0 radical (unpaired) electrons. The topological polar surface area (TPSA) is 79.0 Å². The van der Waals surface area contributed by atoms with Gasteiger partial charge in [0.05, 0.1) is 13.5 Å². The number of carbonyl (C=O) groups is 1. The molecule has 20 heavy (non-hydrogen) atoms. The van der Waals surface area contributed by atoms with Crippen LogP contribution in [0.3, 0.4) is 0 Å². The Balaban J connectivity index is 4.14. The molecule has 0 rings (SSSR count). The van der Waals surface area contributed by atoms with Crippen LogP contribution in [0.2, 0.25) is 0 Å². The molecule has 7 nitrogen and oxygen atoms in total. The zero-order valence-corrected chi connectivity index (χ0v) is 13.7. The number of likely N-dealkylation sites (N-methyl/N-ethyl adjacent to an activating group) is 1. The molecule has 0 heterocycles. The van der Waals surface area contributed by atoms with Crippen LogP contribution in [0.15, 0.2) is 0 Å². The number of esters is 1. The predicted octanol–water partition coefficient (Wildman–Crippen LogP) is 0.0476. The molecule has 0 aliphatic carbocycles. The summed E-state index contributed by atoms with van der Waals surface area (Å²) in [6, 6.07) is 0. The quantitative estimate of drug-likeness (QED) is 0.546. The van der Waals surface area contributed by atoms with Gasteiger partial charge in [-0.25, -0.2) is 4.72 Å². The third kappa shape index (κ3) is 7.78. The van der Waals surface area contributed by atoms with E-state index in [1.54, 1.807) is 0 Å². The molecule has 1 N–H and O–H groups in total. The van der Waals surface area contributed by atoms with Gasteiger partial charge >= 0.3 is 5.97 Å². The molecule has 8 heteroatoms. The van der Waals surface area contributed by atoms with E-state index in [0.29, 0.717) is 13.1 Å². The molecule has 0 spiro atoms. The van der Waals surface area contributed by atoms with Gasteiger partial charge in [-0.2, -0.15) is 12.7 Å². The van der Waals surface area contributed by atoms with E-state index in [1.165, 1.54) is 14.2 Å². The fourth-order valence-electron chi connectivity index (χ4n) is 1.66. The lowest BCUT2D eigenvalue weighted by atomic mass is 10.4. The van der Waals surface area contributed by atoms with Crippen molar-refractivity contribution in [2.75, 3.05) is 46.9 Å². The number of methoxy groups -OCH3 is 1. The van der Waals surface area contributed by atoms with Gasteiger partial charge in [0.15, 0.2) is 0 Å². The van der Waals surface area contributed by atoms with Crippen molar-refractivity contribution in [2.24, 2.45) is 0 Å². The molecule has 0 saturated carbocycles. The molecule has 0 aliphatic heterocycles. The summed E-state index contributed by atoms with van der Waals surface area (Å²) < 4.78 is 31.9. The van der Waals surface area contributed by atoms with E-state index in [0.717, 1.165) is 23.8 Å². The van der Waals surface area contributed by atoms with E-state index in [-0.39, 0.29) is 13.0 Å². The van der Waals surface area contributed by atoms with Gasteiger partial charge in [0, 0.05) is 26.7 Å². The van der Waals surface area contributed by atoms with Crippen LogP contribution < -0.4 is 4.72 Å². The Bertz CT molecular complexity index is 373. The summed E-state index contributed by atoms with van der Waals surface area (Å²) in [7, 11) is -0.815. The summed E-state index contributed by atoms with van der Waals surface area (Å²) >= 11 is 0. The van der Waals surface area contributed by atoms with Gasteiger partial charge in [-0.05, 0) is 19.5 Å². The predicted molar refractivity (Wildman–Crippen MR) is 78.6 cm³/mol. The summed E-state index contributed by atoms with van der Waals surface area (Å²) in [6.07, 6.45) is 1.09. The van der Waals surface area contributed by atoms with Crippen LogP contribution in [-0.2, 0) is 19.7 Å². The van der Waals surface area contributed by atoms with E-state index >= 15 is 0 Å². The van der Waals surface area contributed by atoms with Crippen LogP contribution >= 0.6 is 0 Å². The first kappa shape index (κ1) is 19.3. The Morgan fingerprint density at radius 3 is 2.35 bits per heavy atom. The van der Waals surface area contributed by atoms with Crippen LogP contribution in [0, 0.1) is 0 Å². The van der Waals surface area contributed by atoms with Gasteiger partial charge in [0.1, 0.15) is 0 Å². The molecule has 0 amide bonds. The molecular weight excluding hydrogens is 282 g/mol. The molecule has 120 valence electrons. The molecule has 0 fully saturated rings. The zero-order chi connectivity index (χ0) is 15.6. The van der Waals surface area contributed by atoms with Gasteiger partial charge in [0.2, 0.25) is 0 Å². The Kier molecular flexibility index (Phi) is 9.74. The van der Waals surface area contributed by atoms with Crippen molar-refractivity contribution < 1.29 is 17.9 Å². The highest BCUT2D eigenvalue weighted by Crippen LogP contribution is 1.97. The van der Waals surface area contributed by atoms with Crippen LogP contribution in [-0.4, -0.2) is 70.5 Å². The summed E-state index contributed by atoms with van der Waals surface area (Å²) in [5.74, 6) is -0.424. The highest BCUT2D eigenvalue weighted by atomic mass is 32.2. The normalized spacial score (nSPS) is 12.1. The number of hydrogen-bond donors (Lipinski definition) is 1. The summed E-state index contributed by atoms with van der Waals surface area (Å²) in [6.45, 7) is 7.13. The first-order chi connectivity index (χ1) is 9.37. The molecule has 0 aliphatic rings. The van der Waals surface area contributed by atoms with Gasteiger partial charge < -0.3 is 9.64 Å². The standard InChI is InChI=1S/C12H27N3O4S/c1-5-9-15(6-2)11-8-13-20(17,18)14(3)10-7-12(16)19-4/h13H,5-11H2,1-4H3. The first-order valence-electron chi connectivity index (χ1n) is 6.87. The number of nitrogens with one attached hydrogen (secondary N) is 1. The monoisotopic (exact) mass is 309 g/mol. The second-order valence-corrected chi connectivity index (χ2v) is 6.34. The second-order valence-electron chi connectivity index (χ2n) is 4.48. The fourth-order valence-corrected chi connectivity index (χ4v) is 2.56. The highest BCUT2D eigenvalue weighted by Gasteiger charge is 2.18. The molecule has 0 aromatic carbocycles. The van der Waals surface area contributed by atoms with E-state index < -0.39 is 16.2 Å². The van der Waals surface area contributed by atoms with Crippen molar-refractivity contribution in [3.8, 4) is 0 Å². The van der Waals surface area contributed by atoms with Gasteiger partial charge in [0.25, 0.3) is 10.2 Å². The van der Waals surface area contributed by atoms with Crippen molar-refractivity contribution >= 4 is 16.2 Å². The van der Waals surface area contributed by atoms with E-state index in [9.17, 15) is 13.2 Å². The highest BCUT2D eigenvalue weighted by molar-refractivity contribution is 7.87. The van der Waals surface area contributed by atoms with Crippen molar-refractivity contribution in [1.29, 1.82) is 0 Å². The lowest BCUT2D eigenvalue weighted by Gasteiger charge is -2.21. The SMILES string of the molecule is CCCN(CC)CCNS(=O)(=O)N(C)CCC(=O)OC. The molecule has 0 saturated heterocycles. The second kappa shape index (κ2) is 10.1. The van der Waals surface area contributed by atoms with Gasteiger partial charge in [-0.1, -0.05) is 13.8 Å². The smallest absolute Gasteiger partial charge is 0.306 e. The maximum atomic E-state index is 11.9. The molecular formula is C12H27N3O4S. The van der Waals surface area contributed by atoms with Crippen LogP contribution in [0.5, 0.6) is 0 Å². The maximum absolute atomic E-state index is 11.9. The van der Waals surface area contributed by atoms with Gasteiger partial charge in [-0.3, -0.25) is 4.79 Å². The molecule has 0 aromatic heterocycles. The van der Waals surface area contributed by atoms with Crippen molar-refractivity contribution in [1.82, 2.24) is 13.9 Å². The van der Waals surface area contributed by atoms with Crippen molar-refractivity contribution in [2.45, 2.75) is 26.7 Å². The average Bonchev–Trinajstić information content (AvgIpc) is 2.42. The lowest BCUT2D eigenvalue weighted by Crippen LogP contribution is -2.42. The van der Waals surface area contributed by atoms with E-state index in [1.807, 2.05) is 6.92 Å². The summed E-state index contributed by atoms with van der Waals surface area (Å²) in [5.41, 5.74) is 0. The van der Waals surface area contributed by atoms with Gasteiger partial charge in [-0.15, -0.1) is 0 Å². The third-order valence-electron chi connectivity index (χ3n) is 2.97. The Morgan fingerprint density at radius 2 is 1.85 bits per heavy atom. The minimum atomic E-state index is -3.53. The number of nitrogens with zero attached hydrogens (tertiary/aromatic N) is 2. The average molecular weight is 309 g/mol. The molecule has 0 atom stereocenters. The van der Waals surface area contributed by atoms with E-state index in [4.69, 9.17) is 0 Å². The number of carbonyl (C=O) groups excluding carboxylic acids is 1. The minimum Gasteiger partial charge on any atom is -0.469 e. The van der Waals surface area contributed by atoms with Crippen molar-refractivity contribution in [3.63, 3.8) is 0 Å². The summed E-state index contributed by atoms with van der Waals surface area (Å²) in [4.78, 5) is 13.2. The van der Waals surface area contributed by atoms with E-state index in [2.05, 4.69) is 21.3 Å². The first-order valence-corrected chi connectivity index (χ1v) is 8.31. The minimum absolute atomic E-state index is 0.0465. The lowest BCUT2D eigenvalue weighted by molar-refractivity contribution is -0.140. The molecule has 0 aromatic rings. The number of rotatable bonds is 11. The fraction of sp³-hybridized carbons (Fsp3) is 0.917. The largest absolute Gasteiger partial charge is 0.469 e. The zero-order valence-electron chi connectivity index (χ0n) is 12.9. The van der Waals surface area contributed by atoms with Crippen LogP contribution in [0.4, 0.5) is 0 Å².